The van der Waals surface area contributed by atoms with Gasteiger partial charge in [-0.05, 0) is 54.7 Å². The molecule has 0 amide bonds. The van der Waals surface area contributed by atoms with Gasteiger partial charge in [-0.3, -0.25) is 0 Å². The lowest BCUT2D eigenvalue weighted by Crippen LogP contribution is -2.15. The molecule has 0 heterocycles. The highest BCUT2D eigenvalue weighted by Crippen LogP contribution is 2.25. The number of rotatable bonds is 3. The van der Waals surface area contributed by atoms with Crippen molar-refractivity contribution in [3.63, 3.8) is 0 Å². The van der Waals surface area contributed by atoms with E-state index in [0.29, 0.717) is 11.4 Å². The smallest absolute Gasteiger partial charge is 0.124 e. The van der Waals surface area contributed by atoms with Crippen LogP contribution in [0.1, 0.15) is 28.3 Å². The molecule has 0 aliphatic carbocycles. The molecule has 1 atom stereocenters. The summed E-state index contributed by atoms with van der Waals surface area (Å²) in [5.74, 6) is -0.325. The van der Waals surface area contributed by atoms with E-state index in [2.05, 4.69) is 19.9 Å². The third kappa shape index (κ3) is 3.14. The molecule has 0 spiro atoms. The molecule has 1 nitrogen and oxygen atoms in total. The van der Waals surface area contributed by atoms with Crippen molar-refractivity contribution < 1.29 is 4.39 Å². The lowest BCUT2D eigenvalue weighted by Gasteiger charge is -2.17. The predicted molar refractivity (Wildman–Crippen MR) is 78.0 cm³/mol. The van der Waals surface area contributed by atoms with E-state index in [9.17, 15) is 4.39 Å². The number of nitrogens with two attached hydrogens (primary N) is 1. The first-order valence-corrected chi connectivity index (χ1v) is 6.62. The molecule has 0 fully saturated rings. The second-order valence-corrected chi connectivity index (χ2v) is 5.24. The van der Waals surface area contributed by atoms with E-state index in [1.807, 2.05) is 12.1 Å². The van der Waals surface area contributed by atoms with E-state index < -0.39 is 0 Å². The number of benzene rings is 2. The molecule has 2 aromatic rings. The molecule has 0 saturated carbocycles. The summed E-state index contributed by atoms with van der Waals surface area (Å²) in [6.45, 7) is 4.13. The molecule has 2 aromatic carbocycles. The topological polar surface area (TPSA) is 26.0 Å². The highest BCUT2D eigenvalue weighted by atomic mass is 35.5. The summed E-state index contributed by atoms with van der Waals surface area (Å²) in [4.78, 5) is 0. The van der Waals surface area contributed by atoms with Crippen LogP contribution in [0.2, 0.25) is 5.02 Å². The summed E-state index contributed by atoms with van der Waals surface area (Å²) in [5, 5.41) is 0.431. The van der Waals surface area contributed by atoms with Crippen LogP contribution in [0.4, 0.5) is 4.39 Å². The van der Waals surface area contributed by atoms with E-state index in [1.165, 1.54) is 23.3 Å². The molecular formula is C16H17ClFN. The summed E-state index contributed by atoms with van der Waals surface area (Å²) in [7, 11) is 0. The maximum absolute atomic E-state index is 13.0. The average molecular weight is 278 g/mol. The quantitative estimate of drug-likeness (QED) is 0.887. The third-order valence-corrected chi connectivity index (χ3v) is 3.85. The van der Waals surface area contributed by atoms with Gasteiger partial charge in [-0.15, -0.1) is 0 Å². The molecule has 0 aromatic heterocycles. The van der Waals surface area contributed by atoms with Gasteiger partial charge in [0.05, 0.1) is 0 Å². The minimum absolute atomic E-state index is 0.136. The molecule has 2 N–H and O–H groups in total. The fourth-order valence-electron chi connectivity index (χ4n) is 2.21. The van der Waals surface area contributed by atoms with Gasteiger partial charge in [0.1, 0.15) is 5.82 Å². The first kappa shape index (κ1) is 14.0. The van der Waals surface area contributed by atoms with Crippen molar-refractivity contribution in [2.75, 3.05) is 0 Å². The maximum Gasteiger partial charge on any atom is 0.124 e. The standard InChI is InChI=1S/C16H17ClFN/c1-10-4-3-5-14(11(10)2)16(19)8-12-6-7-13(18)9-15(12)17/h3-7,9,16H,8,19H2,1-2H3. The number of hydrogen-bond acceptors (Lipinski definition) is 1. The van der Waals surface area contributed by atoms with Crippen molar-refractivity contribution in [2.24, 2.45) is 5.73 Å². The van der Waals surface area contributed by atoms with Gasteiger partial charge in [0.25, 0.3) is 0 Å². The average Bonchev–Trinajstić information content (AvgIpc) is 2.36. The molecule has 0 radical (unpaired) electrons. The Morgan fingerprint density at radius 2 is 1.95 bits per heavy atom. The zero-order valence-electron chi connectivity index (χ0n) is 11.1. The fraction of sp³-hybridized carbons (Fsp3) is 0.250. The van der Waals surface area contributed by atoms with Crippen molar-refractivity contribution >= 4 is 11.6 Å². The molecule has 0 aliphatic heterocycles. The van der Waals surface area contributed by atoms with E-state index in [0.717, 1.165) is 11.1 Å². The monoisotopic (exact) mass is 277 g/mol. The van der Waals surface area contributed by atoms with Crippen LogP contribution in [0, 0.1) is 19.7 Å². The van der Waals surface area contributed by atoms with Crippen LogP contribution in [0.25, 0.3) is 0 Å². The normalized spacial score (nSPS) is 12.5. The SMILES string of the molecule is Cc1cccc(C(N)Cc2ccc(F)cc2Cl)c1C. The number of aryl methyl sites for hydroxylation is 1. The van der Waals surface area contributed by atoms with Gasteiger partial charge in [0.2, 0.25) is 0 Å². The molecule has 19 heavy (non-hydrogen) atoms. The van der Waals surface area contributed by atoms with Crippen LogP contribution < -0.4 is 5.73 Å². The fourth-order valence-corrected chi connectivity index (χ4v) is 2.45. The van der Waals surface area contributed by atoms with E-state index in [-0.39, 0.29) is 11.9 Å². The van der Waals surface area contributed by atoms with Gasteiger partial charge < -0.3 is 5.73 Å². The van der Waals surface area contributed by atoms with E-state index in [1.54, 1.807) is 6.07 Å². The van der Waals surface area contributed by atoms with Crippen LogP contribution in [0.15, 0.2) is 36.4 Å². The Balaban J connectivity index is 2.25. The molecule has 1 unspecified atom stereocenters. The lowest BCUT2D eigenvalue weighted by molar-refractivity contribution is 0.625. The minimum Gasteiger partial charge on any atom is -0.324 e. The summed E-state index contributed by atoms with van der Waals surface area (Å²) in [5.41, 5.74) is 10.7. The van der Waals surface area contributed by atoms with Gasteiger partial charge >= 0.3 is 0 Å². The van der Waals surface area contributed by atoms with Crippen molar-refractivity contribution in [3.05, 3.63) is 69.5 Å². The molecule has 3 heteroatoms. The van der Waals surface area contributed by atoms with Crippen LogP contribution in [0.5, 0.6) is 0 Å². The molecule has 2 rings (SSSR count). The minimum atomic E-state index is -0.325. The Kier molecular flexibility index (Phi) is 4.23. The van der Waals surface area contributed by atoms with Gasteiger partial charge in [0, 0.05) is 11.1 Å². The van der Waals surface area contributed by atoms with Crippen LogP contribution in [0.3, 0.4) is 0 Å². The Morgan fingerprint density at radius 1 is 1.21 bits per heavy atom. The zero-order chi connectivity index (χ0) is 14.0. The molecule has 100 valence electrons. The molecule has 0 saturated heterocycles. The van der Waals surface area contributed by atoms with Crippen LogP contribution in [-0.2, 0) is 6.42 Å². The number of hydrogen-bond donors (Lipinski definition) is 1. The van der Waals surface area contributed by atoms with Crippen molar-refractivity contribution in [2.45, 2.75) is 26.3 Å². The van der Waals surface area contributed by atoms with Crippen molar-refractivity contribution in [3.8, 4) is 0 Å². The van der Waals surface area contributed by atoms with Gasteiger partial charge in [-0.1, -0.05) is 35.9 Å². The van der Waals surface area contributed by atoms with E-state index >= 15 is 0 Å². The Labute approximate surface area is 118 Å². The highest BCUT2D eigenvalue weighted by Gasteiger charge is 2.13. The first-order valence-electron chi connectivity index (χ1n) is 6.24. The first-order chi connectivity index (χ1) is 8.99. The summed E-state index contributed by atoms with van der Waals surface area (Å²) in [6.07, 6.45) is 0.601. The largest absolute Gasteiger partial charge is 0.324 e. The Morgan fingerprint density at radius 3 is 2.63 bits per heavy atom. The second kappa shape index (κ2) is 5.72. The van der Waals surface area contributed by atoms with E-state index in [4.69, 9.17) is 17.3 Å². The lowest BCUT2D eigenvalue weighted by atomic mass is 9.94. The highest BCUT2D eigenvalue weighted by molar-refractivity contribution is 6.31. The Bertz CT molecular complexity index is 595. The summed E-state index contributed by atoms with van der Waals surface area (Å²) in [6, 6.07) is 10.4. The maximum atomic E-state index is 13.0. The zero-order valence-corrected chi connectivity index (χ0v) is 11.8. The second-order valence-electron chi connectivity index (χ2n) is 4.84. The molecule has 0 bridgehead atoms. The Hall–Kier alpha value is -1.38. The molecule has 0 aliphatic rings. The van der Waals surface area contributed by atoms with Crippen LogP contribution >= 0.6 is 11.6 Å². The van der Waals surface area contributed by atoms with Gasteiger partial charge in [0.15, 0.2) is 0 Å². The van der Waals surface area contributed by atoms with Crippen molar-refractivity contribution in [1.29, 1.82) is 0 Å². The van der Waals surface area contributed by atoms with Gasteiger partial charge in [-0.2, -0.15) is 0 Å². The summed E-state index contributed by atoms with van der Waals surface area (Å²) >= 11 is 6.04. The van der Waals surface area contributed by atoms with Crippen LogP contribution in [-0.4, -0.2) is 0 Å². The predicted octanol–water partition coefficient (Wildman–Crippen LogP) is 4.34. The van der Waals surface area contributed by atoms with Gasteiger partial charge in [-0.25, -0.2) is 4.39 Å². The molecular weight excluding hydrogens is 261 g/mol. The summed E-state index contributed by atoms with van der Waals surface area (Å²) < 4.78 is 13.0. The third-order valence-electron chi connectivity index (χ3n) is 3.50. The van der Waals surface area contributed by atoms with Crippen molar-refractivity contribution in [1.82, 2.24) is 0 Å². The number of halogens is 2.